The first-order valence-corrected chi connectivity index (χ1v) is 10.7. The van der Waals surface area contributed by atoms with Gasteiger partial charge in [0.15, 0.2) is 0 Å². The number of piperazine rings is 1. The monoisotopic (exact) mass is 399 g/mol. The highest BCUT2D eigenvalue weighted by Crippen LogP contribution is 2.30. The van der Waals surface area contributed by atoms with E-state index < -0.39 is 0 Å². The molecule has 0 bridgehead atoms. The minimum Gasteiger partial charge on any atom is -0.379 e. The molecule has 0 aliphatic carbocycles. The van der Waals surface area contributed by atoms with Crippen LogP contribution in [0.25, 0.3) is 0 Å². The van der Waals surface area contributed by atoms with Crippen LogP contribution in [0.5, 0.6) is 0 Å². The van der Waals surface area contributed by atoms with Crippen LogP contribution < -0.4 is 0 Å². The van der Waals surface area contributed by atoms with Crippen molar-refractivity contribution in [1.29, 1.82) is 0 Å². The molecule has 4 rings (SSSR count). The summed E-state index contributed by atoms with van der Waals surface area (Å²) < 4.78 is 5.45. The summed E-state index contributed by atoms with van der Waals surface area (Å²) in [6.45, 7) is 10.7. The van der Waals surface area contributed by atoms with E-state index in [1.807, 2.05) is 12.1 Å². The summed E-state index contributed by atoms with van der Waals surface area (Å²) in [5, 5.41) is 0.795. The standard InChI is InChI=1S/C23H30ClN3O/c24-22-8-6-21(7-9-22)23(20-4-2-1-3-5-20)27-14-12-25(13-15-27)10-11-26-16-18-28-19-17-26/h1-9,23H,10-19H2. The maximum absolute atomic E-state index is 6.13. The molecule has 0 spiro atoms. The molecule has 2 fully saturated rings. The molecule has 2 aromatic rings. The Balaban J connectivity index is 1.39. The van der Waals surface area contributed by atoms with Crippen molar-refractivity contribution in [2.75, 3.05) is 65.6 Å². The number of rotatable bonds is 6. The van der Waals surface area contributed by atoms with E-state index in [4.69, 9.17) is 16.3 Å². The first-order chi connectivity index (χ1) is 13.8. The number of benzene rings is 2. The van der Waals surface area contributed by atoms with Gasteiger partial charge >= 0.3 is 0 Å². The quantitative estimate of drug-likeness (QED) is 0.741. The molecule has 150 valence electrons. The van der Waals surface area contributed by atoms with Crippen molar-refractivity contribution < 1.29 is 4.74 Å². The fourth-order valence-electron chi connectivity index (χ4n) is 4.25. The lowest BCUT2D eigenvalue weighted by Gasteiger charge is -2.40. The molecule has 4 nitrogen and oxygen atoms in total. The van der Waals surface area contributed by atoms with Gasteiger partial charge in [-0.25, -0.2) is 0 Å². The van der Waals surface area contributed by atoms with Crippen molar-refractivity contribution in [3.63, 3.8) is 0 Å². The van der Waals surface area contributed by atoms with Gasteiger partial charge < -0.3 is 4.74 Å². The van der Waals surface area contributed by atoms with Gasteiger partial charge in [0, 0.05) is 57.4 Å². The average Bonchev–Trinajstić information content (AvgIpc) is 2.76. The van der Waals surface area contributed by atoms with Gasteiger partial charge in [0.2, 0.25) is 0 Å². The highest BCUT2D eigenvalue weighted by atomic mass is 35.5. The summed E-state index contributed by atoms with van der Waals surface area (Å²) in [6.07, 6.45) is 0. The molecule has 0 aromatic heterocycles. The van der Waals surface area contributed by atoms with E-state index in [-0.39, 0.29) is 0 Å². The van der Waals surface area contributed by atoms with Crippen molar-refractivity contribution in [3.8, 4) is 0 Å². The second-order valence-electron chi connectivity index (χ2n) is 7.70. The van der Waals surface area contributed by atoms with Crippen LogP contribution >= 0.6 is 11.6 Å². The maximum atomic E-state index is 6.13. The average molecular weight is 400 g/mol. The molecule has 0 N–H and O–H groups in total. The van der Waals surface area contributed by atoms with Crippen molar-refractivity contribution >= 4 is 11.6 Å². The summed E-state index contributed by atoms with van der Waals surface area (Å²) in [6, 6.07) is 19.5. The zero-order valence-electron chi connectivity index (χ0n) is 16.5. The molecule has 0 amide bonds. The van der Waals surface area contributed by atoms with Crippen molar-refractivity contribution in [1.82, 2.24) is 14.7 Å². The number of halogens is 1. The van der Waals surface area contributed by atoms with Crippen molar-refractivity contribution in [2.24, 2.45) is 0 Å². The summed E-state index contributed by atoms with van der Waals surface area (Å²) in [4.78, 5) is 7.75. The number of morpholine rings is 1. The Hall–Kier alpha value is -1.43. The molecule has 2 saturated heterocycles. The second kappa shape index (κ2) is 9.86. The summed E-state index contributed by atoms with van der Waals surface area (Å²) in [5.74, 6) is 0. The van der Waals surface area contributed by atoms with E-state index in [0.29, 0.717) is 6.04 Å². The summed E-state index contributed by atoms with van der Waals surface area (Å²) in [7, 11) is 0. The van der Waals surface area contributed by atoms with E-state index in [1.165, 1.54) is 11.1 Å². The van der Waals surface area contributed by atoms with E-state index in [9.17, 15) is 0 Å². The van der Waals surface area contributed by atoms with Crippen molar-refractivity contribution in [3.05, 3.63) is 70.7 Å². The smallest absolute Gasteiger partial charge is 0.0602 e. The van der Waals surface area contributed by atoms with Crippen LogP contribution in [0.4, 0.5) is 0 Å². The van der Waals surface area contributed by atoms with Gasteiger partial charge in [-0.15, -0.1) is 0 Å². The first-order valence-electron chi connectivity index (χ1n) is 10.4. The maximum Gasteiger partial charge on any atom is 0.0602 e. The predicted octanol–water partition coefficient (Wildman–Crippen LogP) is 3.38. The molecule has 2 heterocycles. The van der Waals surface area contributed by atoms with Crippen LogP contribution in [-0.4, -0.2) is 80.3 Å². The lowest BCUT2D eigenvalue weighted by molar-refractivity contribution is 0.0287. The van der Waals surface area contributed by atoms with Gasteiger partial charge in [-0.1, -0.05) is 54.1 Å². The molecule has 5 heteroatoms. The third kappa shape index (κ3) is 5.13. The zero-order chi connectivity index (χ0) is 19.2. The fraction of sp³-hybridized carbons (Fsp3) is 0.478. The van der Waals surface area contributed by atoms with Gasteiger partial charge in [0.25, 0.3) is 0 Å². The van der Waals surface area contributed by atoms with E-state index in [1.54, 1.807) is 0 Å². The van der Waals surface area contributed by atoms with Crippen LogP contribution in [0, 0.1) is 0 Å². The molecule has 2 aromatic carbocycles. The molecule has 2 aliphatic heterocycles. The van der Waals surface area contributed by atoms with E-state index in [0.717, 1.165) is 70.6 Å². The Morgan fingerprint density at radius 3 is 1.93 bits per heavy atom. The largest absolute Gasteiger partial charge is 0.379 e. The lowest BCUT2D eigenvalue weighted by atomic mass is 9.96. The highest BCUT2D eigenvalue weighted by molar-refractivity contribution is 6.30. The minimum absolute atomic E-state index is 0.292. The Kier molecular flexibility index (Phi) is 7.00. The third-order valence-corrected chi connectivity index (χ3v) is 6.16. The van der Waals surface area contributed by atoms with E-state index >= 15 is 0 Å². The van der Waals surface area contributed by atoms with Gasteiger partial charge in [-0.05, 0) is 23.3 Å². The third-order valence-electron chi connectivity index (χ3n) is 5.91. The SMILES string of the molecule is Clc1ccc(C(c2ccccc2)N2CCN(CCN3CCOCC3)CC2)cc1. The van der Waals surface area contributed by atoms with Gasteiger partial charge in [0.1, 0.15) is 0 Å². The second-order valence-corrected chi connectivity index (χ2v) is 8.13. The normalized spacial score (nSPS) is 20.9. The fourth-order valence-corrected chi connectivity index (χ4v) is 4.37. The van der Waals surface area contributed by atoms with Crippen LogP contribution in [-0.2, 0) is 4.74 Å². The summed E-state index contributed by atoms with van der Waals surface area (Å²) >= 11 is 6.13. The molecule has 1 unspecified atom stereocenters. The van der Waals surface area contributed by atoms with Crippen LogP contribution in [0.1, 0.15) is 17.2 Å². The Bertz CT molecular complexity index is 710. The van der Waals surface area contributed by atoms with Crippen LogP contribution in [0.15, 0.2) is 54.6 Å². The molecule has 0 radical (unpaired) electrons. The lowest BCUT2D eigenvalue weighted by Crippen LogP contribution is -2.50. The molecule has 2 aliphatic rings. The molecular weight excluding hydrogens is 370 g/mol. The Morgan fingerprint density at radius 1 is 0.714 bits per heavy atom. The minimum atomic E-state index is 0.292. The Labute approximate surface area is 173 Å². The number of hydrogen-bond donors (Lipinski definition) is 0. The molecular formula is C23H30ClN3O. The number of hydrogen-bond acceptors (Lipinski definition) is 4. The van der Waals surface area contributed by atoms with Gasteiger partial charge in [-0.3, -0.25) is 14.7 Å². The van der Waals surface area contributed by atoms with Crippen LogP contribution in [0.3, 0.4) is 0 Å². The topological polar surface area (TPSA) is 19.0 Å². The van der Waals surface area contributed by atoms with Gasteiger partial charge in [0.05, 0.1) is 19.3 Å². The highest BCUT2D eigenvalue weighted by Gasteiger charge is 2.26. The first kappa shape index (κ1) is 19.9. The predicted molar refractivity (Wildman–Crippen MR) is 115 cm³/mol. The van der Waals surface area contributed by atoms with E-state index in [2.05, 4.69) is 57.2 Å². The molecule has 1 atom stereocenters. The van der Waals surface area contributed by atoms with Gasteiger partial charge in [-0.2, -0.15) is 0 Å². The molecule has 0 saturated carbocycles. The Morgan fingerprint density at radius 2 is 1.29 bits per heavy atom. The molecule has 28 heavy (non-hydrogen) atoms. The summed E-state index contributed by atoms with van der Waals surface area (Å²) in [5.41, 5.74) is 2.67. The number of ether oxygens (including phenoxy) is 1. The number of nitrogens with zero attached hydrogens (tertiary/aromatic N) is 3. The van der Waals surface area contributed by atoms with Crippen molar-refractivity contribution in [2.45, 2.75) is 6.04 Å². The zero-order valence-corrected chi connectivity index (χ0v) is 17.2. The van der Waals surface area contributed by atoms with Crippen LogP contribution in [0.2, 0.25) is 5.02 Å².